The highest BCUT2D eigenvalue weighted by molar-refractivity contribution is 6.09. The predicted octanol–water partition coefficient (Wildman–Crippen LogP) is 3.70. The van der Waals surface area contributed by atoms with Crippen LogP contribution in [0.3, 0.4) is 0 Å². The van der Waals surface area contributed by atoms with Crippen LogP contribution in [0.25, 0.3) is 0 Å². The van der Waals surface area contributed by atoms with Crippen molar-refractivity contribution in [2.45, 2.75) is 6.42 Å². The fourth-order valence-corrected chi connectivity index (χ4v) is 2.95. The molecule has 0 aliphatic rings. The van der Waals surface area contributed by atoms with E-state index in [1.807, 2.05) is 30.3 Å². The van der Waals surface area contributed by atoms with Gasteiger partial charge in [0.05, 0.1) is 23.9 Å². The van der Waals surface area contributed by atoms with Crippen molar-refractivity contribution < 1.29 is 19.1 Å². The zero-order valence-electron chi connectivity index (χ0n) is 16.6. The molecule has 3 aromatic carbocycles. The summed E-state index contributed by atoms with van der Waals surface area (Å²) in [7, 11) is 1.28. The Morgan fingerprint density at radius 3 is 2.27 bits per heavy atom. The van der Waals surface area contributed by atoms with Gasteiger partial charge in [-0.15, -0.1) is 0 Å². The smallest absolute Gasteiger partial charge is 0.337 e. The average Bonchev–Trinajstić information content (AvgIpc) is 2.79. The molecule has 30 heavy (non-hydrogen) atoms. The van der Waals surface area contributed by atoms with E-state index in [-0.39, 0.29) is 17.0 Å². The maximum atomic E-state index is 12.7. The van der Waals surface area contributed by atoms with Gasteiger partial charge >= 0.3 is 5.97 Å². The number of anilines is 1. The quantitative estimate of drug-likeness (QED) is 0.590. The maximum Gasteiger partial charge on any atom is 0.337 e. The fourth-order valence-electron chi connectivity index (χ4n) is 2.95. The first-order valence-corrected chi connectivity index (χ1v) is 9.49. The molecule has 0 saturated carbocycles. The third-order valence-corrected chi connectivity index (χ3v) is 4.51. The van der Waals surface area contributed by atoms with E-state index in [0.29, 0.717) is 24.2 Å². The largest absolute Gasteiger partial charge is 0.465 e. The molecule has 3 aromatic rings. The molecule has 0 spiro atoms. The average molecular weight is 402 g/mol. The maximum absolute atomic E-state index is 12.7. The highest BCUT2D eigenvalue weighted by atomic mass is 16.5. The van der Waals surface area contributed by atoms with Gasteiger partial charge in [0.1, 0.15) is 0 Å². The van der Waals surface area contributed by atoms with Gasteiger partial charge in [0.15, 0.2) is 0 Å². The van der Waals surface area contributed by atoms with Crippen LogP contribution >= 0.6 is 0 Å². The Bertz CT molecular complexity index is 1050. The number of carbonyl (C=O) groups excluding carboxylic acids is 3. The first kappa shape index (κ1) is 20.8. The number of carbonyl (C=O) groups is 3. The lowest BCUT2D eigenvalue weighted by Crippen LogP contribution is -2.27. The summed E-state index contributed by atoms with van der Waals surface area (Å²) in [4.78, 5) is 37.0. The number of hydrogen-bond donors (Lipinski definition) is 2. The zero-order valence-corrected chi connectivity index (χ0v) is 16.6. The number of esters is 1. The molecule has 0 atom stereocenters. The van der Waals surface area contributed by atoms with E-state index in [2.05, 4.69) is 15.4 Å². The van der Waals surface area contributed by atoms with Crippen LogP contribution in [0.4, 0.5) is 5.69 Å². The van der Waals surface area contributed by atoms with Crippen molar-refractivity contribution in [3.8, 4) is 0 Å². The van der Waals surface area contributed by atoms with Crippen molar-refractivity contribution in [2.24, 2.45) is 0 Å². The molecule has 0 unspecified atom stereocenters. The minimum absolute atomic E-state index is 0.273. The Balaban J connectivity index is 1.68. The SMILES string of the molecule is COC(=O)c1cccc(C(=O)Nc2ccccc2C(=O)NCCc2ccccc2)c1. The lowest BCUT2D eigenvalue weighted by atomic mass is 10.1. The fraction of sp³-hybridized carbons (Fsp3) is 0.125. The molecule has 0 aliphatic carbocycles. The summed E-state index contributed by atoms with van der Waals surface area (Å²) in [6, 6.07) is 22.9. The Morgan fingerprint density at radius 1 is 0.800 bits per heavy atom. The summed E-state index contributed by atoms with van der Waals surface area (Å²) in [5, 5.41) is 5.63. The number of ether oxygens (including phenoxy) is 1. The monoisotopic (exact) mass is 402 g/mol. The van der Waals surface area contributed by atoms with Crippen LogP contribution in [-0.2, 0) is 11.2 Å². The van der Waals surface area contributed by atoms with Crippen molar-refractivity contribution in [3.05, 3.63) is 101 Å². The van der Waals surface area contributed by atoms with Gasteiger partial charge in [-0.05, 0) is 42.3 Å². The van der Waals surface area contributed by atoms with Crippen molar-refractivity contribution in [2.75, 3.05) is 19.0 Å². The van der Waals surface area contributed by atoms with Gasteiger partial charge in [-0.1, -0.05) is 48.5 Å². The van der Waals surface area contributed by atoms with Crippen molar-refractivity contribution in [1.82, 2.24) is 5.32 Å². The Morgan fingerprint density at radius 2 is 1.50 bits per heavy atom. The summed E-state index contributed by atoms with van der Waals surface area (Å²) in [5.41, 5.74) is 2.45. The van der Waals surface area contributed by atoms with Gasteiger partial charge in [0, 0.05) is 12.1 Å². The second-order valence-electron chi connectivity index (χ2n) is 6.56. The van der Waals surface area contributed by atoms with Gasteiger partial charge in [0.25, 0.3) is 11.8 Å². The van der Waals surface area contributed by atoms with Crippen LogP contribution < -0.4 is 10.6 Å². The lowest BCUT2D eigenvalue weighted by Gasteiger charge is -2.12. The molecule has 2 amide bonds. The molecule has 0 fully saturated rings. The van der Waals surface area contributed by atoms with E-state index in [1.54, 1.807) is 42.5 Å². The Hall–Kier alpha value is -3.93. The molecule has 3 rings (SSSR count). The van der Waals surface area contributed by atoms with E-state index in [9.17, 15) is 14.4 Å². The highest BCUT2D eigenvalue weighted by Gasteiger charge is 2.15. The molecular weight excluding hydrogens is 380 g/mol. The standard InChI is InChI=1S/C24H22N2O4/c1-30-24(29)19-11-7-10-18(16-19)22(27)26-21-13-6-5-12-20(21)23(28)25-15-14-17-8-3-2-4-9-17/h2-13,16H,14-15H2,1H3,(H,25,28)(H,26,27). The van der Waals surface area contributed by atoms with E-state index < -0.39 is 11.9 Å². The number of nitrogens with one attached hydrogen (secondary N) is 2. The van der Waals surface area contributed by atoms with E-state index in [1.165, 1.54) is 13.2 Å². The van der Waals surface area contributed by atoms with E-state index in [0.717, 1.165) is 5.56 Å². The molecule has 152 valence electrons. The first-order valence-electron chi connectivity index (χ1n) is 9.49. The normalized spacial score (nSPS) is 10.2. The summed E-state index contributed by atoms with van der Waals surface area (Å²) >= 11 is 0. The van der Waals surface area contributed by atoms with Crippen LogP contribution in [-0.4, -0.2) is 31.4 Å². The van der Waals surface area contributed by atoms with Crippen molar-refractivity contribution in [1.29, 1.82) is 0 Å². The second-order valence-corrected chi connectivity index (χ2v) is 6.56. The topological polar surface area (TPSA) is 84.5 Å². The second kappa shape index (κ2) is 10.0. The molecule has 0 radical (unpaired) electrons. The van der Waals surface area contributed by atoms with Gasteiger partial charge in [-0.25, -0.2) is 4.79 Å². The van der Waals surface area contributed by atoms with Gasteiger partial charge in [-0.3, -0.25) is 9.59 Å². The third-order valence-electron chi connectivity index (χ3n) is 4.51. The van der Waals surface area contributed by atoms with Crippen LogP contribution in [0.15, 0.2) is 78.9 Å². The highest BCUT2D eigenvalue weighted by Crippen LogP contribution is 2.17. The Labute approximate surface area is 174 Å². The number of para-hydroxylation sites is 1. The Kier molecular flexibility index (Phi) is 6.95. The predicted molar refractivity (Wildman–Crippen MR) is 115 cm³/mol. The molecule has 6 nitrogen and oxygen atoms in total. The minimum atomic E-state index is -0.525. The minimum Gasteiger partial charge on any atom is -0.465 e. The van der Waals surface area contributed by atoms with Gasteiger partial charge < -0.3 is 15.4 Å². The molecule has 2 N–H and O–H groups in total. The van der Waals surface area contributed by atoms with Gasteiger partial charge in [-0.2, -0.15) is 0 Å². The number of benzene rings is 3. The zero-order chi connectivity index (χ0) is 21.3. The summed E-state index contributed by atoms with van der Waals surface area (Å²) in [6.07, 6.45) is 0.710. The molecule has 6 heteroatoms. The summed E-state index contributed by atoms with van der Waals surface area (Å²) < 4.78 is 4.69. The van der Waals surface area contributed by atoms with Crippen LogP contribution in [0.1, 0.15) is 36.6 Å². The van der Waals surface area contributed by atoms with E-state index >= 15 is 0 Å². The van der Waals surface area contributed by atoms with Gasteiger partial charge in [0.2, 0.25) is 0 Å². The number of rotatable bonds is 7. The van der Waals surface area contributed by atoms with Crippen molar-refractivity contribution >= 4 is 23.5 Å². The molecule has 0 aliphatic heterocycles. The van der Waals surface area contributed by atoms with E-state index in [4.69, 9.17) is 0 Å². The molecule has 0 saturated heterocycles. The third kappa shape index (κ3) is 5.32. The first-order chi connectivity index (χ1) is 14.6. The molecule has 0 aromatic heterocycles. The van der Waals surface area contributed by atoms with Crippen LogP contribution in [0, 0.1) is 0 Å². The van der Waals surface area contributed by atoms with Crippen molar-refractivity contribution in [3.63, 3.8) is 0 Å². The lowest BCUT2D eigenvalue weighted by molar-refractivity contribution is 0.0600. The molecule has 0 bridgehead atoms. The number of methoxy groups -OCH3 is 1. The van der Waals surface area contributed by atoms with Crippen LogP contribution in [0.2, 0.25) is 0 Å². The molecule has 0 heterocycles. The number of hydrogen-bond acceptors (Lipinski definition) is 4. The van der Waals surface area contributed by atoms with Crippen LogP contribution in [0.5, 0.6) is 0 Å². The number of amides is 2. The molecular formula is C24H22N2O4. The summed E-state index contributed by atoms with van der Waals surface area (Å²) in [6.45, 7) is 0.478. The summed E-state index contributed by atoms with van der Waals surface area (Å²) in [5.74, 6) is -1.22.